The molecule has 0 aliphatic rings. The average Bonchev–Trinajstić information content (AvgIpc) is 3.06. The van der Waals surface area contributed by atoms with Crippen molar-refractivity contribution in [3.05, 3.63) is 77.8 Å². The molecule has 0 fully saturated rings. The van der Waals surface area contributed by atoms with Crippen molar-refractivity contribution in [3.63, 3.8) is 0 Å². The molecular weight excluding hydrogens is 268 g/mol. The van der Waals surface area contributed by atoms with Gasteiger partial charge in [-0.1, -0.05) is 42.5 Å². The first-order valence-corrected chi connectivity index (χ1v) is 6.31. The Hall–Kier alpha value is -2.88. The molecule has 0 aliphatic carbocycles. The number of hydrogen-bond donors (Lipinski definition) is 0. The van der Waals surface area contributed by atoms with Gasteiger partial charge in [0.1, 0.15) is 11.8 Å². The van der Waals surface area contributed by atoms with E-state index in [4.69, 9.17) is 4.42 Å². The van der Waals surface area contributed by atoms with E-state index >= 15 is 0 Å². The van der Waals surface area contributed by atoms with Crippen molar-refractivity contribution >= 4 is 17.8 Å². The van der Waals surface area contributed by atoms with Crippen LogP contribution < -0.4 is 0 Å². The van der Waals surface area contributed by atoms with Crippen LogP contribution in [-0.2, 0) is 9.53 Å². The van der Waals surface area contributed by atoms with Gasteiger partial charge in [-0.25, -0.2) is 4.79 Å². The number of ketones is 1. The van der Waals surface area contributed by atoms with Gasteiger partial charge in [0.05, 0.1) is 18.9 Å². The summed E-state index contributed by atoms with van der Waals surface area (Å²) in [5, 5.41) is 0. The summed E-state index contributed by atoms with van der Waals surface area (Å²) in [5.41, 5.74) is 1.22. The number of allylic oxidation sites excluding steroid dienone is 2. The maximum Gasteiger partial charge on any atom is 0.341 e. The van der Waals surface area contributed by atoms with Crippen molar-refractivity contribution in [1.82, 2.24) is 0 Å². The standard InChI is InChI=1S/C17H14O4/c1-20-17(19)15(16(18)14-10-11-21-12-14)9-5-8-13-6-3-2-4-7-13/h2-12H,1H3/b8-5+,15-9-. The van der Waals surface area contributed by atoms with Crippen molar-refractivity contribution in [3.8, 4) is 0 Å². The average molecular weight is 282 g/mol. The fourth-order valence-corrected chi connectivity index (χ4v) is 1.72. The molecule has 0 N–H and O–H groups in total. The summed E-state index contributed by atoms with van der Waals surface area (Å²) >= 11 is 0. The zero-order valence-electron chi connectivity index (χ0n) is 11.5. The Balaban J connectivity index is 2.24. The van der Waals surface area contributed by atoms with Crippen molar-refractivity contribution in [2.24, 2.45) is 0 Å². The molecule has 21 heavy (non-hydrogen) atoms. The Bertz CT molecular complexity index is 664. The van der Waals surface area contributed by atoms with Crippen LogP contribution in [0.15, 0.2) is 71.1 Å². The number of hydrogen-bond acceptors (Lipinski definition) is 4. The molecule has 0 bridgehead atoms. The lowest BCUT2D eigenvalue weighted by Gasteiger charge is -2.01. The highest BCUT2D eigenvalue weighted by atomic mass is 16.5. The van der Waals surface area contributed by atoms with Crippen molar-refractivity contribution in [2.75, 3.05) is 7.11 Å². The molecule has 4 nitrogen and oxygen atoms in total. The van der Waals surface area contributed by atoms with E-state index in [2.05, 4.69) is 4.74 Å². The first kappa shape index (κ1) is 14.5. The number of furan rings is 1. The minimum absolute atomic E-state index is 0.0499. The highest BCUT2D eigenvalue weighted by Crippen LogP contribution is 2.11. The van der Waals surface area contributed by atoms with Gasteiger partial charge in [-0.15, -0.1) is 0 Å². The van der Waals surface area contributed by atoms with E-state index in [0.29, 0.717) is 5.56 Å². The van der Waals surface area contributed by atoms with Gasteiger partial charge in [0.25, 0.3) is 0 Å². The summed E-state index contributed by atoms with van der Waals surface area (Å²) in [6.07, 6.45) is 7.54. The molecule has 0 unspecified atom stereocenters. The van der Waals surface area contributed by atoms with Crippen LogP contribution in [0.1, 0.15) is 15.9 Å². The molecule has 0 saturated carbocycles. The van der Waals surface area contributed by atoms with Crippen LogP contribution in [0.2, 0.25) is 0 Å². The second-order valence-corrected chi connectivity index (χ2v) is 4.18. The predicted molar refractivity (Wildman–Crippen MR) is 78.6 cm³/mol. The third-order valence-corrected chi connectivity index (χ3v) is 2.78. The zero-order valence-corrected chi connectivity index (χ0v) is 11.5. The van der Waals surface area contributed by atoms with E-state index in [1.165, 1.54) is 31.8 Å². The number of esters is 1. The predicted octanol–water partition coefficient (Wildman–Crippen LogP) is 3.28. The second kappa shape index (κ2) is 7.05. The number of benzene rings is 1. The largest absolute Gasteiger partial charge is 0.472 e. The molecule has 106 valence electrons. The Morgan fingerprint density at radius 1 is 1.14 bits per heavy atom. The van der Waals surface area contributed by atoms with Crippen LogP contribution in [0, 0.1) is 0 Å². The summed E-state index contributed by atoms with van der Waals surface area (Å²) in [6, 6.07) is 11.1. The lowest BCUT2D eigenvalue weighted by Crippen LogP contribution is -2.14. The molecule has 4 heteroatoms. The first-order chi connectivity index (χ1) is 10.2. The number of rotatable bonds is 5. The third-order valence-electron chi connectivity index (χ3n) is 2.78. The van der Waals surface area contributed by atoms with E-state index in [1.54, 1.807) is 12.2 Å². The van der Waals surface area contributed by atoms with Crippen LogP contribution in [0.25, 0.3) is 6.08 Å². The van der Waals surface area contributed by atoms with Gasteiger partial charge >= 0.3 is 5.97 Å². The molecule has 1 heterocycles. The van der Waals surface area contributed by atoms with E-state index in [9.17, 15) is 9.59 Å². The van der Waals surface area contributed by atoms with Gasteiger partial charge in [0.15, 0.2) is 0 Å². The van der Waals surface area contributed by atoms with Crippen molar-refractivity contribution in [1.29, 1.82) is 0 Å². The third kappa shape index (κ3) is 3.79. The monoisotopic (exact) mass is 282 g/mol. The van der Waals surface area contributed by atoms with E-state index in [1.807, 2.05) is 30.3 Å². The SMILES string of the molecule is COC(=O)/C(=C\C=C\c1ccccc1)C(=O)c1ccoc1. The number of carbonyl (C=O) groups is 2. The number of methoxy groups -OCH3 is 1. The number of carbonyl (C=O) groups excluding carboxylic acids is 2. The van der Waals surface area contributed by atoms with Gasteiger partial charge < -0.3 is 9.15 Å². The highest BCUT2D eigenvalue weighted by molar-refractivity contribution is 6.24. The molecule has 0 spiro atoms. The topological polar surface area (TPSA) is 56.5 Å². The van der Waals surface area contributed by atoms with Crippen molar-refractivity contribution in [2.45, 2.75) is 0 Å². The summed E-state index contributed by atoms with van der Waals surface area (Å²) in [5.74, 6) is -1.12. The number of ether oxygens (including phenoxy) is 1. The Kier molecular flexibility index (Phi) is 4.88. The smallest absolute Gasteiger partial charge is 0.341 e. The molecule has 0 radical (unpaired) electrons. The summed E-state index contributed by atoms with van der Waals surface area (Å²) in [6.45, 7) is 0. The Morgan fingerprint density at radius 2 is 1.90 bits per heavy atom. The molecular formula is C17H14O4. The van der Waals surface area contributed by atoms with Crippen LogP contribution in [0.5, 0.6) is 0 Å². The maximum absolute atomic E-state index is 12.2. The van der Waals surface area contributed by atoms with Gasteiger partial charge in [0, 0.05) is 0 Å². The minimum Gasteiger partial charge on any atom is -0.472 e. The molecule has 1 aromatic heterocycles. The van der Waals surface area contributed by atoms with E-state index < -0.39 is 11.8 Å². The van der Waals surface area contributed by atoms with E-state index in [0.717, 1.165) is 5.56 Å². The zero-order chi connectivity index (χ0) is 15.1. The maximum atomic E-state index is 12.2. The van der Waals surface area contributed by atoms with Crippen LogP contribution >= 0.6 is 0 Å². The summed E-state index contributed by atoms with van der Waals surface area (Å²) < 4.78 is 9.50. The van der Waals surface area contributed by atoms with Gasteiger partial charge in [-0.05, 0) is 17.7 Å². The lowest BCUT2D eigenvalue weighted by atomic mass is 10.1. The van der Waals surface area contributed by atoms with Gasteiger partial charge in [-0.3, -0.25) is 4.79 Å². The van der Waals surface area contributed by atoms with E-state index in [-0.39, 0.29) is 5.57 Å². The minimum atomic E-state index is -0.682. The normalized spacial score (nSPS) is 11.6. The molecule has 0 atom stereocenters. The molecule has 0 saturated heterocycles. The Morgan fingerprint density at radius 3 is 2.52 bits per heavy atom. The van der Waals surface area contributed by atoms with Crippen molar-refractivity contribution < 1.29 is 18.7 Å². The second-order valence-electron chi connectivity index (χ2n) is 4.18. The Labute approximate surface area is 122 Å². The first-order valence-electron chi connectivity index (χ1n) is 6.31. The molecule has 1 aromatic carbocycles. The molecule has 0 amide bonds. The summed E-state index contributed by atoms with van der Waals surface area (Å²) in [4.78, 5) is 23.9. The molecule has 0 aliphatic heterocycles. The van der Waals surface area contributed by atoms with Crippen LogP contribution in [0.3, 0.4) is 0 Å². The highest BCUT2D eigenvalue weighted by Gasteiger charge is 2.20. The van der Waals surface area contributed by atoms with Gasteiger partial charge in [-0.2, -0.15) is 0 Å². The lowest BCUT2D eigenvalue weighted by molar-refractivity contribution is -0.135. The molecule has 2 rings (SSSR count). The fraction of sp³-hybridized carbons (Fsp3) is 0.0588. The van der Waals surface area contributed by atoms with Gasteiger partial charge in [0.2, 0.25) is 5.78 Å². The summed E-state index contributed by atoms with van der Waals surface area (Å²) in [7, 11) is 1.24. The van der Waals surface area contributed by atoms with Crippen LogP contribution in [-0.4, -0.2) is 18.9 Å². The molecule has 2 aromatic rings. The quantitative estimate of drug-likeness (QED) is 0.211. The number of Topliss-reactive ketones (excluding diaryl/α,β-unsaturated/α-hetero) is 1. The fourth-order valence-electron chi connectivity index (χ4n) is 1.72. The van der Waals surface area contributed by atoms with Crippen LogP contribution in [0.4, 0.5) is 0 Å².